The fourth-order valence-corrected chi connectivity index (χ4v) is 8.10. The lowest BCUT2D eigenvalue weighted by atomic mass is 9.73. The maximum atomic E-state index is 14.9. The molecule has 5 atom stereocenters. The van der Waals surface area contributed by atoms with E-state index in [0.29, 0.717) is 40.6 Å². The van der Waals surface area contributed by atoms with Crippen LogP contribution >= 0.6 is 23.5 Å². The Labute approximate surface area is 273 Å². The fraction of sp³-hybridized carbons (Fsp3) is 0.303. The van der Waals surface area contributed by atoms with Gasteiger partial charge in [0.05, 0.1) is 18.0 Å². The summed E-state index contributed by atoms with van der Waals surface area (Å²) in [6, 6.07) is 23.3. The third-order valence-corrected chi connectivity index (χ3v) is 10.7. The summed E-state index contributed by atoms with van der Waals surface area (Å²) in [5, 5.41) is 8.69. The summed E-state index contributed by atoms with van der Waals surface area (Å²) in [6.45, 7) is 3.32. The molecule has 2 fully saturated rings. The van der Waals surface area contributed by atoms with E-state index in [0.717, 1.165) is 4.90 Å². The van der Waals surface area contributed by atoms with Crippen molar-refractivity contribution in [3.05, 3.63) is 84.4 Å². The highest BCUT2D eigenvalue weighted by atomic mass is 32.2. The van der Waals surface area contributed by atoms with E-state index in [4.69, 9.17) is 18.9 Å². The number of ether oxygens (including phenoxy) is 4. The Morgan fingerprint density at radius 1 is 0.891 bits per heavy atom. The Hall–Kier alpha value is -4.67. The predicted molar refractivity (Wildman–Crippen MR) is 169 cm³/mol. The van der Waals surface area contributed by atoms with Gasteiger partial charge < -0.3 is 28.7 Å². The summed E-state index contributed by atoms with van der Waals surface area (Å²) in [7, 11) is 1.40. The molecule has 236 valence electrons. The standard InChI is InChI=1S/C33H29N3O8S2/c1-20-22(18-34)17-33(46-31(40)44-24-12-8-5-9-13-24)29(38)35(3)32(2,45-30(39)43-23-10-6-4-7-11-23)28(37)36(33)27(20)21-14-15-25-26(16-21)42-19-41-25/h4-16,20,22,27H,17,19H2,1-3H3/t20-,22?,27?,32+,33?/m1/s1. The first-order chi connectivity index (χ1) is 22.1. The number of piperazine rings is 1. The van der Waals surface area contributed by atoms with Gasteiger partial charge in [-0.15, -0.1) is 0 Å². The van der Waals surface area contributed by atoms with Gasteiger partial charge in [-0.25, -0.2) is 9.59 Å². The molecule has 0 spiro atoms. The normalized spacial score (nSPS) is 26.6. The first-order valence-electron chi connectivity index (χ1n) is 14.4. The number of rotatable bonds is 5. The van der Waals surface area contributed by atoms with Crippen LogP contribution in [0.25, 0.3) is 0 Å². The molecule has 3 aromatic rings. The molecular formula is C33H29N3O8S2. The summed E-state index contributed by atoms with van der Waals surface area (Å²) < 4.78 is 22.2. The summed E-state index contributed by atoms with van der Waals surface area (Å²) in [5.41, 5.74) is 0.572. The molecule has 0 saturated carbocycles. The molecule has 6 rings (SSSR count). The molecule has 2 saturated heterocycles. The van der Waals surface area contributed by atoms with Crippen LogP contribution in [0.2, 0.25) is 0 Å². The van der Waals surface area contributed by atoms with Crippen LogP contribution in [0.3, 0.4) is 0 Å². The molecule has 3 heterocycles. The number of benzene rings is 3. The smallest absolute Gasteiger partial charge is 0.375 e. The van der Waals surface area contributed by atoms with Crippen LogP contribution in [0.15, 0.2) is 78.9 Å². The number of piperidine rings is 1. The van der Waals surface area contributed by atoms with Crippen molar-refractivity contribution in [3.63, 3.8) is 0 Å². The third kappa shape index (κ3) is 5.41. The minimum Gasteiger partial charge on any atom is -0.454 e. The number of carbonyl (C=O) groups is 4. The van der Waals surface area contributed by atoms with E-state index in [9.17, 15) is 24.4 Å². The summed E-state index contributed by atoms with van der Waals surface area (Å²) in [6.07, 6.45) is -0.148. The zero-order valence-electron chi connectivity index (χ0n) is 25.1. The van der Waals surface area contributed by atoms with Crippen molar-refractivity contribution in [2.75, 3.05) is 13.8 Å². The number of carbonyl (C=O) groups excluding carboxylic acids is 4. The highest BCUT2D eigenvalue weighted by Gasteiger charge is 2.68. The van der Waals surface area contributed by atoms with Gasteiger partial charge in [0, 0.05) is 13.5 Å². The van der Waals surface area contributed by atoms with Crippen LogP contribution in [-0.4, -0.2) is 55.8 Å². The van der Waals surface area contributed by atoms with E-state index in [2.05, 4.69) is 6.07 Å². The minimum absolute atomic E-state index is 0.0229. The molecule has 0 N–H and O–H groups in total. The van der Waals surface area contributed by atoms with E-state index < -0.39 is 50.0 Å². The number of para-hydroxylation sites is 2. The van der Waals surface area contributed by atoms with Gasteiger partial charge >= 0.3 is 10.6 Å². The van der Waals surface area contributed by atoms with Crippen LogP contribution in [0.4, 0.5) is 9.59 Å². The van der Waals surface area contributed by atoms with E-state index in [1.807, 2.05) is 6.92 Å². The molecule has 0 bridgehead atoms. The average molecular weight is 660 g/mol. The number of hydrogen-bond donors (Lipinski definition) is 0. The molecule has 0 aromatic heterocycles. The van der Waals surface area contributed by atoms with Crippen molar-refractivity contribution in [2.24, 2.45) is 11.8 Å². The maximum Gasteiger partial charge on any atom is 0.375 e. The van der Waals surface area contributed by atoms with Crippen molar-refractivity contribution in [1.82, 2.24) is 9.80 Å². The van der Waals surface area contributed by atoms with Crippen molar-refractivity contribution < 1.29 is 38.1 Å². The lowest BCUT2D eigenvalue weighted by molar-refractivity contribution is -0.174. The second-order valence-electron chi connectivity index (χ2n) is 11.2. The minimum atomic E-state index is -1.88. The Balaban J connectivity index is 1.45. The second kappa shape index (κ2) is 12.3. The Morgan fingerprint density at radius 3 is 2.09 bits per heavy atom. The van der Waals surface area contributed by atoms with Gasteiger partial charge in [0.1, 0.15) is 11.5 Å². The molecule has 13 heteroatoms. The lowest BCUT2D eigenvalue weighted by Gasteiger charge is -2.60. The Morgan fingerprint density at radius 2 is 1.48 bits per heavy atom. The summed E-state index contributed by atoms with van der Waals surface area (Å²) in [5.74, 6) is -0.996. The molecule has 11 nitrogen and oxygen atoms in total. The largest absolute Gasteiger partial charge is 0.454 e. The number of likely N-dealkylation sites (N-methyl/N-ethyl adjacent to an activating group) is 1. The van der Waals surface area contributed by atoms with Crippen molar-refractivity contribution in [2.45, 2.75) is 36.1 Å². The van der Waals surface area contributed by atoms with E-state index in [1.165, 1.54) is 18.9 Å². The highest BCUT2D eigenvalue weighted by Crippen LogP contribution is 2.57. The third-order valence-electron chi connectivity index (χ3n) is 8.52. The molecule has 3 aliphatic heterocycles. The number of fused-ring (bicyclic) bond motifs is 2. The molecule has 46 heavy (non-hydrogen) atoms. The van der Waals surface area contributed by atoms with Crippen LogP contribution in [0.5, 0.6) is 23.0 Å². The lowest BCUT2D eigenvalue weighted by Crippen LogP contribution is -2.76. The van der Waals surface area contributed by atoms with Gasteiger partial charge in [0.15, 0.2) is 21.2 Å². The molecule has 0 aliphatic carbocycles. The Bertz CT molecular complexity index is 1740. The van der Waals surface area contributed by atoms with Gasteiger partial charge in [-0.05, 0) is 78.3 Å². The summed E-state index contributed by atoms with van der Waals surface area (Å²) in [4.78, 5) is 55.2. The van der Waals surface area contributed by atoms with Gasteiger partial charge in [-0.3, -0.25) is 9.59 Å². The predicted octanol–water partition coefficient (Wildman–Crippen LogP) is 6.21. The maximum absolute atomic E-state index is 14.9. The second-order valence-corrected chi connectivity index (χ2v) is 13.7. The molecule has 3 unspecified atom stereocenters. The van der Waals surface area contributed by atoms with Crippen molar-refractivity contribution >= 4 is 45.9 Å². The van der Waals surface area contributed by atoms with Crippen LogP contribution in [0.1, 0.15) is 31.9 Å². The van der Waals surface area contributed by atoms with Crippen molar-refractivity contribution in [3.8, 4) is 29.1 Å². The van der Waals surface area contributed by atoms with Gasteiger partial charge in [-0.2, -0.15) is 5.26 Å². The van der Waals surface area contributed by atoms with E-state index in [1.54, 1.807) is 78.9 Å². The van der Waals surface area contributed by atoms with E-state index >= 15 is 0 Å². The number of hydrogen-bond acceptors (Lipinski definition) is 11. The van der Waals surface area contributed by atoms with Gasteiger partial charge in [-0.1, -0.05) is 49.4 Å². The summed E-state index contributed by atoms with van der Waals surface area (Å²) >= 11 is 1.11. The van der Waals surface area contributed by atoms with E-state index in [-0.39, 0.29) is 24.7 Å². The molecule has 3 aliphatic rings. The van der Waals surface area contributed by atoms with Crippen molar-refractivity contribution in [1.29, 1.82) is 5.26 Å². The average Bonchev–Trinajstić information content (AvgIpc) is 3.52. The highest BCUT2D eigenvalue weighted by molar-refractivity contribution is 8.15. The fourth-order valence-electron chi connectivity index (χ4n) is 6.04. The molecule has 2 amide bonds. The Kier molecular flexibility index (Phi) is 8.35. The number of nitriles is 1. The first kappa shape index (κ1) is 31.3. The van der Waals surface area contributed by atoms with Crippen LogP contribution in [0, 0.1) is 23.2 Å². The monoisotopic (exact) mass is 659 g/mol. The SMILES string of the molecule is C[C@@H]1C(C#N)CC2(SC(=O)Oc3ccccc3)C(=O)N(C)[C@@](C)(SC(=O)Oc3ccccc3)C(=O)N2C1c1ccc2c(c1)OCO2. The van der Waals surface area contributed by atoms with Crippen LogP contribution < -0.4 is 18.9 Å². The van der Waals surface area contributed by atoms with Gasteiger partial charge in [0.2, 0.25) is 6.79 Å². The first-order valence-corrected chi connectivity index (χ1v) is 16.0. The number of nitrogens with zero attached hydrogens (tertiary/aromatic N) is 3. The number of amides is 2. The molecule has 0 radical (unpaired) electrons. The zero-order chi connectivity index (χ0) is 32.6. The topological polar surface area (TPSA) is 135 Å². The van der Waals surface area contributed by atoms with Crippen LogP contribution in [-0.2, 0) is 9.59 Å². The van der Waals surface area contributed by atoms with Gasteiger partial charge in [0.25, 0.3) is 11.8 Å². The quantitative estimate of drug-likeness (QED) is 0.289. The molecular weight excluding hydrogens is 631 g/mol. The zero-order valence-corrected chi connectivity index (χ0v) is 26.7. The number of thioether (sulfide) groups is 2. The molecule has 3 aromatic carbocycles.